The van der Waals surface area contributed by atoms with Crippen LogP contribution < -0.4 is 0 Å². The molecule has 0 aromatic heterocycles. The molecule has 0 aliphatic rings. The van der Waals surface area contributed by atoms with E-state index in [1.54, 1.807) is 0 Å². The van der Waals surface area contributed by atoms with E-state index in [0.717, 1.165) is 95.8 Å². The van der Waals surface area contributed by atoms with E-state index in [1.807, 2.05) is 0 Å². The largest absolute Gasteiger partial charge is 0.472 e. The van der Waals surface area contributed by atoms with E-state index in [2.05, 4.69) is 34.6 Å². The molecule has 0 bridgehead atoms. The Morgan fingerprint density at radius 2 is 0.474 bits per heavy atom. The number of hydrogen-bond acceptors (Lipinski definition) is 15. The summed E-state index contributed by atoms with van der Waals surface area (Å²) in [6.07, 6.45) is 61.0. The van der Waals surface area contributed by atoms with Gasteiger partial charge >= 0.3 is 39.5 Å². The number of ether oxygens (including phenoxy) is 4. The third-order valence-corrected chi connectivity index (χ3v) is 20.2. The average molecular weight is 1420 g/mol. The lowest BCUT2D eigenvalue weighted by molar-refractivity contribution is -0.161. The van der Waals surface area contributed by atoms with Gasteiger partial charge in [0.2, 0.25) is 0 Å². The second-order valence-electron chi connectivity index (χ2n) is 28.6. The average Bonchev–Trinajstić information content (AvgIpc) is 1.41. The molecule has 0 saturated heterocycles. The summed E-state index contributed by atoms with van der Waals surface area (Å²) in [7, 11) is -9.91. The summed E-state index contributed by atoms with van der Waals surface area (Å²) >= 11 is 0. The number of carbonyl (C=O) groups is 4. The Bertz CT molecular complexity index is 1860. The predicted molar refractivity (Wildman–Crippen MR) is 395 cm³/mol. The van der Waals surface area contributed by atoms with Gasteiger partial charge in [-0.25, -0.2) is 9.13 Å². The maximum atomic E-state index is 13.1. The van der Waals surface area contributed by atoms with Crippen molar-refractivity contribution >= 4 is 39.5 Å². The fraction of sp³-hybridized carbons (Fsp3) is 0.949. The van der Waals surface area contributed by atoms with Gasteiger partial charge in [-0.1, -0.05) is 362 Å². The molecule has 0 fully saturated rings. The van der Waals surface area contributed by atoms with E-state index in [4.69, 9.17) is 37.0 Å². The zero-order valence-electron chi connectivity index (χ0n) is 63.2. The highest BCUT2D eigenvalue weighted by molar-refractivity contribution is 7.47. The highest BCUT2D eigenvalue weighted by atomic mass is 31.2. The summed E-state index contributed by atoms with van der Waals surface area (Å²) in [5.74, 6) is -1.29. The molecule has 2 unspecified atom stereocenters. The number of hydrogen-bond donors (Lipinski definition) is 3. The molecule has 0 aromatic rings. The summed E-state index contributed by atoms with van der Waals surface area (Å²) < 4.78 is 68.6. The fourth-order valence-corrected chi connectivity index (χ4v) is 13.6. The van der Waals surface area contributed by atoms with Crippen molar-refractivity contribution in [3.05, 3.63) is 0 Å². The van der Waals surface area contributed by atoms with Crippen LogP contribution in [0.4, 0.5) is 0 Å². The summed E-state index contributed by atoms with van der Waals surface area (Å²) in [5, 5.41) is 10.6. The molecule has 5 atom stereocenters. The lowest BCUT2D eigenvalue weighted by Gasteiger charge is -2.21. The molecule has 0 aliphatic carbocycles. The van der Waals surface area contributed by atoms with Crippen molar-refractivity contribution in [3.8, 4) is 0 Å². The monoisotopic (exact) mass is 1420 g/mol. The van der Waals surface area contributed by atoms with Crippen molar-refractivity contribution < 1.29 is 80.2 Å². The van der Waals surface area contributed by atoms with Crippen LogP contribution in [0.15, 0.2) is 0 Å². The fourth-order valence-electron chi connectivity index (χ4n) is 12.1. The number of aliphatic hydroxyl groups excluding tert-OH is 1. The lowest BCUT2D eigenvalue weighted by atomic mass is 10.0. The Kier molecular flexibility index (Phi) is 69.6. The molecule has 3 N–H and O–H groups in total. The summed E-state index contributed by atoms with van der Waals surface area (Å²) in [4.78, 5) is 72.8. The molecule has 0 radical (unpaired) electrons. The van der Waals surface area contributed by atoms with Gasteiger partial charge in [-0.2, -0.15) is 0 Å². The Morgan fingerprint density at radius 1 is 0.278 bits per heavy atom. The van der Waals surface area contributed by atoms with Crippen molar-refractivity contribution in [2.24, 2.45) is 5.92 Å². The molecule has 0 amide bonds. The van der Waals surface area contributed by atoms with Crippen molar-refractivity contribution in [3.63, 3.8) is 0 Å². The molecule has 0 aliphatic heterocycles. The zero-order chi connectivity index (χ0) is 71.2. The minimum absolute atomic E-state index is 0.108. The van der Waals surface area contributed by atoms with Gasteiger partial charge < -0.3 is 33.8 Å². The molecule has 0 rings (SSSR count). The highest BCUT2D eigenvalue weighted by Gasteiger charge is 2.30. The van der Waals surface area contributed by atoms with Crippen molar-refractivity contribution in [2.45, 2.75) is 432 Å². The molecule has 97 heavy (non-hydrogen) atoms. The van der Waals surface area contributed by atoms with Gasteiger partial charge in [0, 0.05) is 25.7 Å². The molecule has 0 heterocycles. The molecule has 19 heteroatoms. The summed E-state index contributed by atoms with van der Waals surface area (Å²) in [5.41, 5.74) is 0. The Labute approximate surface area is 594 Å². The molecular weight excluding hydrogens is 1270 g/mol. The van der Waals surface area contributed by atoms with Crippen LogP contribution in [0.25, 0.3) is 0 Å². The Hall–Kier alpha value is -1.94. The topological polar surface area (TPSA) is 237 Å². The molecule has 0 saturated carbocycles. The predicted octanol–water partition coefficient (Wildman–Crippen LogP) is 23.3. The van der Waals surface area contributed by atoms with Gasteiger partial charge in [0.25, 0.3) is 0 Å². The maximum Gasteiger partial charge on any atom is 0.472 e. The van der Waals surface area contributed by atoms with E-state index in [0.29, 0.717) is 25.7 Å². The van der Waals surface area contributed by atoms with E-state index in [-0.39, 0.29) is 25.7 Å². The highest BCUT2D eigenvalue weighted by Crippen LogP contribution is 2.45. The van der Waals surface area contributed by atoms with Crippen LogP contribution in [0, 0.1) is 5.92 Å². The standard InChI is InChI=1S/C78H152O17P2/c1-6-9-12-15-18-21-23-25-34-37-42-47-52-57-62-76(81)89-68-74(95-78(83)64-59-54-49-44-39-35-31-29-27-26-28-30-33-36-41-45-50-55-60-71(4)5)70-93-97(86,87)91-66-72(79)65-90-96(84,85)92-69-73(67-88-75(80)61-56-51-46-40-20-17-14-11-8-3)94-77(82)63-58-53-48-43-38-32-24-22-19-16-13-10-7-2/h71-74,79H,6-70H2,1-5H3,(H,84,85)(H,86,87)/t72-,73+,74+/m0/s1. The van der Waals surface area contributed by atoms with Crippen LogP contribution in [0.2, 0.25) is 0 Å². The minimum Gasteiger partial charge on any atom is -0.462 e. The first-order chi connectivity index (χ1) is 47.0. The molecule has 0 aromatic carbocycles. The summed E-state index contributed by atoms with van der Waals surface area (Å²) in [6.45, 7) is 7.33. The van der Waals surface area contributed by atoms with Crippen molar-refractivity contribution in [2.75, 3.05) is 39.6 Å². The van der Waals surface area contributed by atoms with Gasteiger partial charge in [0.1, 0.15) is 19.3 Å². The number of unbranched alkanes of at least 4 members (excludes halogenated alkanes) is 50. The van der Waals surface area contributed by atoms with E-state index in [1.165, 1.54) is 238 Å². The lowest BCUT2D eigenvalue weighted by Crippen LogP contribution is -2.30. The first-order valence-corrected chi connectivity index (χ1v) is 43.6. The van der Waals surface area contributed by atoms with Gasteiger partial charge in [0.15, 0.2) is 12.2 Å². The Balaban J connectivity index is 5.19. The van der Waals surface area contributed by atoms with E-state index < -0.39 is 97.5 Å². The van der Waals surface area contributed by atoms with Crippen LogP contribution in [-0.2, 0) is 65.4 Å². The quantitative estimate of drug-likeness (QED) is 0.0222. The first kappa shape index (κ1) is 95.1. The molecule has 0 spiro atoms. The molecule has 17 nitrogen and oxygen atoms in total. The smallest absolute Gasteiger partial charge is 0.462 e. The van der Waals surface area contributed by atoms with Crippen molar-refractivity contribution in [1.82, 2.24) is 0 Å². The van der Waals surface area contributed by atoms with Crippen molar-refractivity contribution in [1.29, 1.82) is 0 Å². The summed E-state index contributed by atoms with van der Waals surface area (Å²) in [6, 6.07) is 0. The Morgan fingerprint density at radius 3 is 0.701 bits per heavy atom. The third kappa shape index (κ3) is 72.2. The van der Waals surface area contributed by atoms with Crippen LogP contribution in [0.1, 0.15) is 413 Å². The number of aliphatic hydroxyl groups is 1. The van der Waals surface area contributed by atoms with Crippen LogP contribution in [0.5, 0.6) is 0 Å². The SMILES string of the molecule is CCCCCCCCCCCCCCCCC(=O)OC[C@H](COP(=O)(O)OC[C@@H](O)COP(=O)(O)OC[C@@H](COC(=O)CCCCCCCCCCC)OC(=O)CCCCCCCCCCCCCCC)OC(=O)CCCCCCCCCCCCCCCCCCCCC(C)C. The van der Waals surface area contributed by atoms with Crippen LogP contribution >= 0.6 is 15.6 Å². The number of phosphoric acid groups is 2. The third-order valence-electron chi connectivity index (χ3n) is 18.3. The molecule has 576 valence electrons. The van der Waals surface area contributed by atoms with Crippen LogP contribution in [0.3, 0.4) is 0 Å². The van der Waals surface area contributed by atoms with Crippen LogP contribution in [-0.4, -0.2) is 96.7 Å². The first-order valence-electron chi connectivity index (χ1n) is 40.6. The second kappa shape index (κ2) is 71.1. The normalized spacial score (nSPS) is 13.9. The number of esters is 4. The number of carbonyl (C=O) groups excluding carboxylic acids is 4. The minimum atomic E-state index is -4.96. The molecular formula is C78H152O17P2. The van der Waals surface area contributed by atoms with Gasteiger partial charge in [-0.05, 0) is 31.6 Å². The van der Waals surface area contributed by atoms with Gasteiger partial charge in [-0.15, -0.1) is 0 Å². The second-order valence-corrected chi connectivity index (χ2v) is 31.5. The number of phosphoric ester groups is 2. The zero-order valence-corrected chi connectivity index (χ0v) is 65.0. The van der Waals surface area contributed by atoms with E-state index in [9.17, 15) is 43.2 Å². The number of rotatable bonds is 78. The van der Waals surface area contributed by atoms with E-state index >= 15 is 0 Å². The van der Waals surface area contributed by atoms with Gasteiger partial charge in [0.05, 0.1) is 26.4 Å². The maximum absolute atomic E-state index is 13.1. The van der Waals surface area contributed by atoms with Gasteiger partial charge in [-0.3, -0.25) is 37.3 Å².